The summed E-state index contributed by atoms with van der Waals surface area (Å²) < 4.78 is 20.9. The van der Waals surface area contributed by atoms with Crippen LogP contribution in [0.25, 0.3) is 5.69 Å². The minimum Gasteiger partial charge on any atom is -0.477 e. The van der Waals surface area contributed by atoms with Gasteiger partial charge in [-0.3, -0.25) is 14.4 Å². The van der Waals surface area contributed by atoms with Gasteiger partial charge in [0.1, 0.15) is 17.4 Å². The molecule has 42 heavy (non-hydrogen) atoms. The van der Waals surface area contributed by atoms with Gasteiger partial charge in [-0.1, -0.05) is 5.21 Å². The molecular formula is C30H34FN7O4. The van der Waals surface area contributed by atoms with Crippen molar-refractivity contribution in [3.05, 3.63) is 65.9 Å². The normalized spacial score (nSPS) is 22.7. The van der Waals surface area contributed by atoms with Gasteiger partial charge >= 0.3 is 0 Å². The van der Waals surface area contributed by atoms with Crippen LogP contribution in [0.2, 0.25) is 0 Å². The lowest BCUT2D eigenvalue weighted by Gasteiger charge is -2.40. The number of carbonyl (C=O) groups is 3. The van der Waals surface area contributed by atoms with Gasteiger partial charge in [0, 0.05) is 38.7 Å². The first-order valence-electron chi connectivity index (χ1n) is 14.5. The van der Waals surface area contributed by atoms with E-state index < -0.39 is 11.9 Å². The summed E-state index contributed by atoms with van der Waals surface area (Å²) in [7, 11) is 0. The van der Waals surface area contributed by atoms with Crippen LogP contribution in [-0.4, -0.2) is 74.9 Å². The number of rotatable bonds is 7. The summed E-state index contributed by atoms with van der Waals surface area (Å²) in [6.07, 6.45) is 7.41. The van der Waals surface area contributed by atoms with E-state index in [1.807, 2.05) is 0 Å². The van der Waals surface area contributed by atoms with Crippen LogP contribution in [0.1, 0.15) is 48.2 Å². The molecule has 3 atom stereocenters. The Bertz CT molecular complexity index is 1440. The molecular weight excluding hydrogens is 541 g/mol. The van der Waals surface area contributed by atoms with Gasteiger partial charge in [0.2, 0.25) is 17.7 Å². The molecule has 2 fully saturated rings. The van der Waals surface area contributed by atoms with Crippen LogP contribution in [0.4, 0.5) is 4.39 Å². The number of carbonyl (C=O) groups excluding carboxylic acids is 3. The first kappa shape index (κ1) is 27.8. The number of amides is 3. The van der Waals surface area contributed by atoms with Crippen molar-refractivity contribution in [2.45, 2.75) is 44.6 Å². The van der Waals surface area contributed by atoms with E-state index in [0.717, 1.165) is 6.54 Å². The van der Waals surface area contributed by atoms with Crippen molar-refractivity contribution >= 4 is 17.7 Å². The van der Waals surface area contributed by atoms with Gasteiger partial charge in [0.25, 0.3) is 5.91 Å². The monoisotopic (exact) mass is 575 g/mol. The summed E-state index contributed by atoms with van der Waals surface area (Å²) in [6.45, 7) is 2.01. The average molecular weight is 576 g/mol. The Kier molecular flexibility index (Phi) is 8.11. The largest absolute Gasteiger partial charge is 0.477 e. The number of fused-ring (bicyclic) bond motifs is 3. The first-order chi connectivity index (χ1) is 20.4. The Morgan fingerprint density at radius 2 is 1.95 bits per heavy atom. The van der Waals surface area contributed by atoms with Gasteiger partial charge in [-0.05, 0) is 79.8 Å². The number of benzene rings is 1. The van der Waals surface area contributed by atoms with E-state index in [9.17, 15) is 18.8 Å². The van der Waals surface area contributed by atoms with Crippen LogP contribution in [-0.2, 0) is 16.0 Å². The van der Waals surface area contributed by atoms with Crippen LogP contribution in [0.5, 0.6) is 5.88 Å². The minimum absolute atomic E-state index is 0.0525. The number of pyridine rings is 1. The average Bonchev–Trinajstić information content (AvgIpc) is 3.72. The van der Waals surface area contributed by atoms with E-state index >= 15 is 0 Å². The van der Waals surface area contributed by atoms with Crippen molar-refractivity contribution in [2.24, 2.45) is 17.8 Å². The van der Waals surface area contributed by atoms with Gasteiger partial charge in [0.15, 0.2) is 0 Å². The van der Waals surface area contributed by atoms with E-state index in [1.165, 1.54) is 29.7 Å². The van der Waals surface area contributed by atoms with Crippen LogP contribution in [0.3, 0.4) is 0 Å². The Morgan fingerprint density at radius 3 is 2.76 bits per heavy atom. The van der Waals surface area contributed by atoms with E-state index in [0.29, 0.717) is 56.3 Å². The fourth-order valence-electron chi connectivity index (χ4n) is 5.73. The molecule has 1 saturated heterocycles. The summed E-state index contributed by atoms with van der Waals surface area (Å²) in [5.74, 6) is -0.00528. The van der Waals surface area contributed by atoms with E-state index in [2.05, 4.69) is 25.9 Å². The van der Waals surface area contributed by atoms with Crippen molar-refractivity contribution in [3.8, 4) is 11.6 Å². The zero-order valence-electron chi connectivity index (χ0n) is 23.2. The molecule has 3 amide bonds. The molecule has 2 aliphatic heterocycles. The number of hydrogen-bond donors (Lipinski definition) is 2. The third-order valence-electron chi connectivity index (χ3n) is 8.33. The molecule has 4 heterocycles. The number of hydrogen-bond acceptors (Lipinski definition) is 7. The predicted molar refractivity (Wildman–Crippen MR) is 149 cm³/mol. The number of nitrogens with one attached hydrogen (secondary N) is 2. The number of piperidine rings is 1. The number of halogens is 1. The number of aromatic nitrogens is 4. The van der Waals surface area contributed by atoms with Crippen LogP contribution >= 0.6 is 0 Å². The minimum atomic E-state index is -0.914. The zero-order chi connectivity index (χ0) is 29.1. The molecule has 11 nitrogen and oxygen atoms in total. The molecule has 1 saturated carbocycles. The summed E-state index contributed by atoms with van der Waals surface area (Å²) >= 11 is 0. The number of ether oxygens (including phenoxy) is 1. The fourth-order valence-corrected chi connectivity index (χ4v) is 5.73. The van der Waals surface area contributed by atoms with Crippen molar-refractivity contribution in [1.82, 2.24) is 35.5 Å². The summed E-state index contributed by atoms with van der Waals surface area (Å²) in [6, 6.07) is 8.17. The van der Waals surface area contributed by atoms with Gasteiger partial charge in [-0.25, -0.2) is 14.1 Å². The number of nitrogens with zero attached hydrogens (tertiary/aromatic N) is 5. The van der Waals surface area contributed by atoms with Gasteiger partial charge in [-0.2, -0.15) is 0 Å². The molecule has 3 aromatic rings. The maximum absolute atomic E-state index is 13.9. The van der Waals surface area contributed by atoms with Gasteiger partial charge in [0.05, 0.1) is 24.2 Å². The van der Waals surface area contributed by atoms with E-state index in [1.54, 1.807) is 41.6 Å². The molecule has 1 aromatic carbocycles. The lowest BCUT2D eigenvalue weighted by Crippen LogP contribution is -2.54. The van der Waals surface area contributed by atoms with Crippen LogP contribution in [0.15, 0.2) is 48.8 Å². The van der Waals surface area contributed by atoms with Crippen LogP contribution in [0, 0.1) is 23.6 Å². The quantitative estimate of drug-likeness (QED) is 0.442. The highest BCUT2D eigenvalue weighted by molar-refractivity contribution is 5.99. The molecule has 0 spiro atoms. The fraction of sp³-hybridized carbons (Fsp3) is 0.467. The third-order valence-corrected chi connectivity index (χ3v) is 8.33. The van der Waals surface area contributed by atoms with Crippen molar-refractivity contribution < 1.29 is 23.5 Å². The molecule has 3 aliphatic rings. The van der Waals surface area contributed by atoms with Crippen molar-refractivity contribution in [2.75, 3.05) is 26.2 Å². The highest BCUT2D eigenvalue weighted by Crippen LogP contribution is 2.31. The Labute approximate surface area is 242 Å². The predicted octanol–water partition coefficient (Wildman–Crippen LogP) is 2.31. The second kappa shape index (κ2) is 12.3. The molecule has 2 bridgehead atoms. The van der Waals surface area contributed by atoms with Crippen molar-refractivity contribution in [1.29, 1.82) is 0 Å². The maximum Gasteiger partial charge on any atom is 0.257 e. The molecule has 220 valence electrons. The molecule has 2 aromatic heterocycles. The lowest BCUT2D eigenvalue weighted by atomic mass is 9.80. The highest BCUT2D eigenvalue weighted by Gasteiger charge is 2.37. The molecule has 6 rings (SSSR count). The zero-order valence-corrected chi connectivity index (χ0v) is 23.2. The summed E-state index contributed by atoms with van der Waals surface area (Å²) in [5.41, 5.74) is 1.35. The van der Waals surface area contributed by atoms with Crippen LogP contribution < -0.4 is 15.4 Å². The molecule has 0 unspecified atom stereocenters. The highest BCUT2D eigenvalue weighted by atomic mass is 19.1. The Balaban J connectivity index is 1.22. The molecule has 0 radical (unpaired) electrons. The standard InChI is InChI=1S/C30H34FN7O4/c31-22-5-7-24(8-6-22)38-18-23(35-36-38)15-26-30(41)37-12-9-20(14-27(39)33-16-19-3-4-19)21(17-37)10-13-42-29-25(28(40)34-26)2-1-11-32-29/h1-2,5-8,11,18-21,26H,3-4,9-10,12-17H2,(H,33,39)(H,34,40)/t20-,21-,26+/m0/s1. The summed E-state index contributed by atoms with van der Waals surface area (Å²) in [5, 5.41) is 14.3. The van der Waals surface area contributed by atoms with Gasteiger partial charge in [-0.15, -0.1) is 5.10 Å². The van der Waals surface area contributed by atoms with Crippen molar-refractivity contribution in [3.63, 3.8) is 0 Å². The second-order valence-corrected chi connectivity index (χ2v) is 11.4. The smallest absolute Gasteiger partial charge is 0.257 e. The molecule has 2 N–H and O–H groups in total. The molecule has 1 aliphatic carbocycles. The Morgan fingerprint density at radius 1 is 1.12 bits per heavy atom. The Hall–Kier alpha value is -4.35. The summed E-state index contributed by atoms with van der Waals surface area (Å²) in [4.78, 5) is 46.1. The second-order valence-electron chi connectivity index (χ2n) is 11.4. The third kappa shape index (κ3) is 6.58. The van der Waals surface area contributed by atoms with E-state index in [-0.39, 0.29) is 47.3 Å². The SMILES string of the molecule is O=C(C[C@@H]1CCN2C[C@@H]1CCOc1ncccc1C(=O)N[C@H](Cc1cn(-c3ccc(F)cc3)nn1)C2=O)NCC1CC1. The van der Waals surface area contributed by atoms with Gasteiger partial charge < -0.3 is 20.3 Å². The topological polar surface area (TPSA) is 131 Å². The maximum atomic E-state index is 13.9. The lowest BCUT2D eigenvalue weighted by molar-refractivity contribution is -0.136. The van der Waals surface area contributed by atoms with E-state index in [4.69, 9.17) is 4.74 Å². The first-order valence-corrected chi connectivity index (χ1v) is 14.5. The molecule has 12 heteroatoms.